The van der Waals surface area contributed by atoms with Crippen LogP contribution in [0.2, 0.25) is 0 Å². The fourth-order valence-corrected chi connectivity index (χ4v) is 4.06. The molecule has 1 aliphatic heterocycles. The van der Waals surface area contributed by atoms with Crippen molar-refractivity contribution in [2.24, 2.45) is 5.92 Å². The number of carboxylic acids is 1. The Morgan fingerprint density at radius 2 is 1.81 bits per heavy atom. The van der Waals surface area contributed by atoms with Gasteiger partial charge in [-0.1, -0.05) is 31.4 Å². The highest BCUT2D eigenvalue weighted by Gasteiger charge is 2.32. The van der Waals surface area contributed by atoms with Crippen LogP contribution in [0.5, 0.6) is 0 Å². The molecule has 1 saturated carbocycles. The summed E-state index contributed by atoms with van der Waals surface area (Å²) in [6.45, 7) is 1.84. The number of carbonyl (C=O) groups is 2. The van der Waals surface area contributed by atoms with Crippen LogP contribution in [-0.2, 0) is 16.1 Å². The van der Waals surface area contributed by atoms with Crippen LogP contribution in [0.4, 0.5) is 4.39 Å². The van der Waals surface area contributed by atoms with Crippen molar-refractivity contribution in [1.82, 2.24) is 9.80 Å². The monoisotopic (exact) mass is 362 g/mol. The standard InChI is InChI=1S/C20H27FN2O3/c21-17-8-6-15(7-9-17)12-23(18-4-2-1-3-5-18)19(24)14-22-11-10-16(13-22)20(25)26/h6-9,16,18H,1-5,10-14H2,(H,25,26). The van der Waals surface area contributed by atoms with Gasteiger partial charge in [-0.15, -0.1) is 0 Å². The van der Waals surface area contributed by atoms with Gasteiger partial charge in [0.05, 0.1) is 12.5 Å². The Balaban J connectivity index is 1.66. The number of hydrogen-bond acceptors (Lipinski definition) is 3. The molecule has 1 aliphatic carbocycles. The molecule has 6 heteroatoms. The molecule has 5 nitrogen and oxygen atoms in total. The van der Waals surface area contributed by atoms with Crippen molar-refractivity contribution in [2.75, 3.05) is 19.6 Å². The van der Waals surface area contributed by atoms with Crippen molar-refractivity contribution in [2.45, 2.75) is 51.1 Å². The van der Waals surface area contributed by atoms with E-state index in [0.29, 0.717) is 26.1 Å². The van der Waals surface area contributed by atoms with Gasteiger partial charge in [-0.3, -0.25) is 14.5 Å². The maximum Gasteiger partial charge on any atom is 0.307 e. The molecule has 0 aromatic heterocycles. The second kappa shape index (κ2) is 8.62. The lowest BCUT2D eigenvalue weighted by Gasteiger charge is -2.35. The Kier molecular flexibility index (Phi) is 6.25. The van der Waals surface area contributed by atoms with Crippen molar-refractivity contribution in [1.29, 1.82) is 0 Å². The number of nitrogens with zero attached hydrogens (tertiary/aromatic N) is 2. The lowest BCUT2D eigenvalue weighted by Crippen LogP contribution is -2.45. The van der Waals surface area contributed by atoms with Gasteiger partial charge < -0.3 is 10.0 Å². The third kappa shape index (κ3) is 4.81. The van der Waals surface area contributed by atoms with Gasteiger partial charge in [-0.05, 0) is 43.5 Å². The molecule has 1 atom stereocenters. The average molecular weight is 362 g/mol. The van der Waals surface area contributed by atoms with E-state index in [2.05, 4.69) is 0 Å². The summed E-state index contributed by atoms with van der Waals surface area (Å²) in [5, 5.41) is 9.14. The minimum absolute atomic E-state index is 0.0484. The van der Waals surface area contributed by atoms with Crippen molar-refractivity contribution < 1.29 is 19.1 Å². The SMILES string of the molecule is O=C(O)C1CCN(CC(=O)N(Cc2ccc(F)cc2)C2CCCCC2)C1. The van der Waals surface area contributed by atoms with Gasteiger partial charge >= 0.3 is 5.97 Å². The second-order valence-corrected chi connectivity index (χ2v) is 7.50. The van der Waals surface area contributed by atoms with Gasteiger partial charge in [0.15, 0.2) is 0 Å². The number of amides is 1. The zero-order chi connectivity index (χ0) is 18.5. The van der Waals surface area contributed by atoms with Crippen molar-refractivity contribution in [3.05, 3.63) is 35.6 Å². The molecule has 2 aliphatic rings. The third-order valence-electron chi connectivity index (χ3n) is 5.58. The van der Waals surface area contributed by atoms with Gasteiger partial charge in [0.2, 0.25) is 5.91 Å². The minimum atomic E-state index is -0.782. The Hall–Kier alpha value is -1.95. The molecule has 1 amide bonds. The van der Waals surface area contributed by atoms with Crippen LogP contribution >= 0.6 is 0 Å². The van der Waals surface area contributed by atoms with Crippen LogP contribution in [0.15, 0.2) is 24.3 Å². The molecule has 1 saturated heterocycles. The molecule has 1 aromatic carbocycles. The van der Waals surface area contributed by atoms with E-state index in [1.165, 1.54) is 18.6 Å². The van der Waals surface area contributed by atoms with E-state index in [0.717, 1.165) is 31.2 Å². The van der Waals surface area contributed by atoms with Gasteiger partial charge in [-0.25, -0.2) is 4.39 Å². The fraction of sp³-hybridized carbons (Fsp3) is 0.600. The van der Waals surface area contributed by atoms with Crippen LogP contribution in [0.1, 0.15) is 44.1 Å². The first-order valence-electron chi connectivity index (χ1n) is 9.52. The summed E-state index contributed by atoms with van der Waals surface area (Å²) in [6.07, 6.45) is 6.08. The molecule has 2 fully saturated rings. The molecule has 0 radical (unpaired) electrons. The number of rotatable bonds is 6. The summed E-state index contributed by atoms with van der Waals surface area (Å²) >= 11 is 0. The summed E-state index contributed by atoms with van der Waals surface area (Å²) in [6, 6.07) is 6.54. The van der Waals surface area contributed by atoms with Gasteiger partial charge in [0, 0.05) is 19.1 Å². The molecule has 142 valence electrons. The minimum Gasteiger partial charge on any atom is -0.481 e. The summed E-state index contributed by atoms with van der Waals surface area (Å²) in [5.41, 5.74) is 0.926. The number of aliphatic carboxylic acids is 1. The molecule has 1 unspecified atom stereocenters. The van der Waals surface area contributed by atoms with Crippen molar-refractivity contribution >= 4 is 11.9 Å². The predicted molar refractivity (Wildman–Crippen MR) is 96.0 cm³/mol. The molecule has 1 aromatic rings. The van der Waals surface area contributed by atoms with Crippen LogP contribution in [0.3, 0.4) is 0 Å². The van der Waals surface area contributed by atoms with Gasteiger partial charge in [0.1, 0.15) is 5.82 Å². The lowest BCUT2D eigenvalue weighted by molar-refractivity contribution is -0.142. The summed E-state index contributed by atoms with van der Waals surface area (Å²) in [4.78, 5) is 28.0. The number of benzene rings is 1. The first-order valence-corrected chi connectivity index (χ1v) is 9.52. The van der Waals surface area contributed by atoms with E-state index in [-0.39, 0.29) is 30.2 Å². The first-order chi connectivity index (χ1) is 12.5. The number of halogens is 1. The Labute approximate surface area is 153 Å². The third-order valence-corrected chi connectivity index (χ3v) is 5.58. The first kappa shape index (κ1) is 18.8. The average Bonchev–Trinajstić information content (AvgIpc) is 3.10. The molecular weight excluding hydrogens is 335 g/mol. The van der Waals surface area contributed by atoms with Crippen LogP contribution < -0.4 is 0 Å². The van der Waals surface area contributed by atoms with Crippen molar-refractivity contribution in [3.8, 4) is 0 Å². The summed E-state index contributed by atoms with van der Waals surface area (Å²) in [7, 11) is 0. The predicted octanol–water partition coefficient (Wildman–Crippen LogP) is 2.89. The Bertz CT molecular complexity index is 628. The lowest BCUT2D eigenvalue weighted by atomic mass is 9.93. The highest BCUT2D eigenvalue weighted by molar-refractivity contribution is 5.79. The molecule has 0 bridgehead atoms. The maximum atomic E-state index is 13.2. The molecule has 0 spiro atoms. The van der Waals surface area contributed by atoms with Crippen LogP contribution in [0.25, 0.3) is 0 Å². The number of likely N-dealkylation sites (tertiary alicyclic amines) is 1. The van der Waals surface area contributed by atoms with Gasteiger partial charge in [0.25, 0.3) is 0 Å². The highest BCUT2D eigenvalue weighted by Crippen LogP contribution is 2.25. The topological polar surface area (TPSA) is 60.9 Å². The smallest absolute Gasteiger partial charge is 0.307 e. The molecule has 1 heterocycles. The summed E-state index contributed by atoms with van der Waals surface area (Å²) in [5.74, 6) is -1.38. The normalized spacial score (nSPS) is 21.7. The quantitative estimate of drug-likeness (QED) is 0.845. The highest BCUT2D eigenvalue weighted by atomic mass is 19.1. The van der Waals surface area contributed by atoms with E-state index in [9.17, 15) is 14.0 Å². The molecule has 3 rings (SSSR count). The van der Waals surface area contributed by atoms with Crippen molar-refractivity contribution in [3.63, 3.8) is 0 Å². The number of carboxylic acid groups (broad SMARTS) is 1. The van der Waals surface area contributed by atoms with E-state index < -0.39 is 5.97 Å². The maximum absolute atomic E-state index is 13.2. The number of carbonyl (C=O) groups excluding carboxylic acids is 1. The van der Waals surface area contributed by atoms with E-state index in [1.807, 2.05) is 9.80 Å². The zero-order valence-corrected chi connectivity index (χ0v) is 15.1. The second-order valence-electron chi connectivity index (χ2n) is 7.50. The fourth-order valence-electron chi connectivity index (χ4n) is 4.06. The Morgan fingerprint density at radius 1 is 1.12 bits per heavy atom. The molecule has 1 N–H and O–H groups in total. The molecular formula is C20H27FN2O3. The largest absolute Gasteiger partial charge is 0.481 e. The molecule has 26 heavy (non-hydrogen) atoms. The van der Waals surface area contributed by atoms with Gasteiger partial charge in [-0.2, -0.15) is 0 Å². The van der Waals surface area contributed by atoms with E-state index in [4.69, 9.17) is 5.11 Å². The zero-order valence-electron chi connectivity index (χ0n) is 15.1. The number of hydrogen-bond donors (Lipinski definition) is 1. The van der Waals surface area contributed by atoms with Crippen LogP contribution in [-0.4, -0.2) is 52.5 Å². The van der Waals surface area contributed by atoms with E-state index >= 15 is 0 Å². The van der Waals surface area contributed by atoms with E-state index in [1.54, 1.807) is 12.1 Å². The van der Waals surface area contributed by atoms with Crippen LogP contribution in [0, 0.1) is 11.7 Å². The summed E-state index contributed by atoms with van der Waals surface area (Å²) < 4.78 is 13.2. The Morgan fingerprint density at radius 3 is 2.42 bits per heavy atom.